The van der Waals surface area contributed by atoms with Crippen molar-refractivity contribution >= 4 is 11.6 Å². The Morgan fingerprint density at radius 2 is 2.28 bits per heavy atom. The molecule has 0 saturated carbocycles. The van der Waals surface area contributed by atoms with Crippen LogP contribution in [-0.4, -0.2) is 44.1 Å². The molecule has 100 valence electrons. The minimum absolute atomic E-state index is 0.0638. The largest absolute Gasteiger partial charge is 0.497 e. The molecule has 0 bridgehead atoms. The summed E-state index contributed by atoms with van der Waals surface area (Å²) in [5.74, 6) is 0.655. The van der Waals surface area contributed by atoms with Gasteiger partial charge in [-0.3, -0.25) is 9.69 Å². The summed E-state index contributed by atoms with van der Waals surface area (Å²) in [6, 6.07) is 7.46. The zero-order chi connectivity index (χ0) is 13.5. The quantitative estimate of drug-likeness (QED) is 0.788. The first kappa shape index (κ1) is 14.5. The first-order valence-corrected chi connectivity index (χ1v) is 5.91. The third kappa shape index (κ3) is 4.35. The summed E-state index contributed by atoms with van der Waals surface area (Å²) >= 11 is 0. The van der Waals surface area contributed by atoms with Crippen molar-refractivity contribution < 1.29 is 9.53 Å². The number of carbonyl (C=O) groups is 1. The van der Waals surface area contributed by atoms with Gasteiger partial charge < -0.3 is 15.8 Å². The number of hydrogen-bond donors (Lipinski definition) is 2. The monoisotopic (exact) mass is 251 g/mol. The lowest BCUT2D eigenvalue weighted by Gasteiger charge is -2.22. The SMILES string of the molecule is COc1cccc(NC(=O)CN(C)C(C)CN)c1. The Morgan fingerprint density at radius 3 is 2.89 bits per heavy atom. The topological polar surface area (TPSA) is 67.6 Å². The first-order chi connectivity index (χ1) is 8.56. The predicted octanol–water partition coefficient (Wildman–Crippen LogP) is 0.913. The van der Waals surface area contributed by atoms with E-state index in [1.54, 1.807) is 13.2 Å². The third-order valence-corrected chi connectivity index (χ3v) is 2.84. The number of anilines is 1. The molecule has 0 aliphatic carbocycles. The van der Waals surface area contributed by atoms with Crippen molar-refractivity contribution in [2.24, 2.45) is 5.73 Å². The highest BCUT2D eigenvalue weighted by atomic mass is 16.5. The molecule has 0 aliphatic heterocycles. The number of amides is 1. The molecule has 1 unspecified atom stereocenters. The van der Waals surface area contributed by atoms with Crippen molar-refractivity contribution in [1.29, 1.82) is 0 Å². The van der Waals surface area contributed by atoms with E-state index >= 15 is 0 Å². The van der Waals surface area contributed by atoms with Gasteiger partial charge in [0.25, 0.3) is 0 Å². The summed E-state index contributed by atoms with van der Waals surface area (Å²) in [6.07, 6.45) is 0. The lowest BCUT2D eigenvalue weighted by molar-refractivity contribution is -0.117. The van der Waals surface area contributed by atoms with Crippen LogP contribution in [0.2, 0.25) is 0 Å². The highest BCUT2D eigenvalue weighted by Crippen LogP contribution is 2.16. The Bertz CT molecular complexity index is 396. The van der Waals surface area contributed by atoms with E-state index in [4.69, 9.17) is 10.5 Å². The van der Waals surface area contributed by atoms with Gasteiger partial charge in [0.2, 0.25) is 5.91 Å². The van der Waals surface area contributed by atoms with Crippen LogP contribution in [-0.2, 0) is 4.79 Å². The molecule has 0 aliphatic rings. The maximum Gasteiger partial charge on any atom is 0.238 e. The molecule has 5 heteroatoms. The van der Waals surface area contributed by atoms with Gasteiger partial charge >= 0.3 is 0 Å². The third-order valence-electron chi connectivity index (χ3n) is 2.84. The Hall–Kier alpha value is -1.59. The van der Waals surface area contributed by atoms with Crippen molar-refractivity contribution in [3.05, 3.63) is 24.3 Å². The van der Waals surface area contributed by atoms with Crippen LogP contribution in [0.3, 0.4) is 0 Å². The van der Waals surface area contributed by atoms with Gasteiger partial charge in [-0.25, -0.2) is 0 Å². The highest BCUT2D eigenvalue weighted by molar-refractivity contribution is 5.92. The van der Waals surface area contributed by atoms with E-state index in [9.17, 15) is 4.79 Å². The second-order valence-corrected chi connectivity index (χ2v) is 4.28. The minimum atomic E-state index is -0.0638. The van der Waals surface area contributed by atoms with Crippen LogP contribution in [0, 0.1) is 0 Å². The Morgan fingerprint density at radius 1 is 1.56 bits per heavy atom. The minimum Gasteiger partial charge on any atom is -0.497 e. The highest BCUT2D eigenvalue weighted by Gasteiger charge is 2.11. The van der Waals surface area contributed by atoms with Gasteiger partial charge in [-0.15, -0.1) is 0 Å². The van der Waals surface area contributed by atoms with Crippen molar-refractivity contribution in [1.82, 2.24) is 4.90 Å². The number of nitrogens with one attached hydrogen (secondary N) is 1. The summed E-state index contributed by atoms with van der Waals surface area (Å²) in [5, 5.41) is 2.83. The fourth-order valence-electron chi connectivity index (χ4n) is 1.46. The maximum atomic E-state index is 11.8. The normalized spacial score (nSPS) is 12.3. The van der Waals surface area contributed by atoms with E-state index in [1.165, 1.54) is 0 Å². The molecule has 5 nitrogen and oxygen atoms in total. The summed E-state index contributed by atoms with van der Waals surface area (Å²) in [4.78, 5) is 13.7. The molecule has 0 fully saturated rings. The van der Waals surface area contributed by atoms with Crippen molar-refractivity contribution in [2.45, 2.75) is 13.0 Å². The second-order valence-electron chi connectivity index (χ2n) is 4.28. The van der Waals surface area contributed by atoms with E-state index in [0.717, 1.165) is 11.4 Å². The van der Waals surface area contributed by atoms with Gasteiger partial charge in [0, 0.05) is 24.3 Å². The van der Waals surface area contributed by atoms with Gasteiger partial charge in [0.05, 0.1) is 13.7 Å². The number of nitrogens with zero attached hydrogens (tertiary/aromatic N) is 1. The first-order valence-electron chi connectivity index (χ1n) is 5.91. The lowest BCUT2D eigenvalue weighted by atomic mass is 10.3. The molecule has 1 rings (SSSR count). The van der Waals surface area contributed by atoms with Crippen LogP contribution >= 0.6 is 0 Å². The smallest absolute Gasteiger partial charge is 0.238 e. The van der Waals surface area contributed by atoms with E-state index in [0.29, 0.717) is 13.1 Å². The number of benzene rings is 1. The van der Waals surface area contributed by atoms with Crippen LogP contribution in [0.1, 0.15) is 6.92 Å². The molecule has 0 heterocycles. The van der Waals surface area contributed by atoms with E-state index in [2.05, 4.69) is 5.32 Å². The summed E-state index contributed by atoms with van der Waals surface area (Å²) in [6.45, 7) is 2.83. The van der Waals surface area contributed by atoms with Crippen LogP contribution in [0.15, 0.2) is 24.3 Å². The fraction of sp³-hybridized carbons (Fsp3) is 0.462. The molecule has 0 radical (unpaired) electrons. The Balaban J connectivity index is 2.53. The van der Waals surface area contributed by atoms with E-state index in [1.807, 2.05) is 37.1 Å². The van der Waals surface area contributed by atoms with Crippen LogP contribution in [0.5, 0.6) is 5.75 Å². The van der Waals surface area contributed by atoms with E-state index in [-0.39, 0.29) is 11.9 Å². The zero-order valence-electron chi connectivity index (χ0n) is 11.1. The summed E-state index contributed by atoms with van der Waals surface area (Å²) in [7, 11) is 3.47. The second kappa shape index (κ2) is 6.98. The molecule has 1 aromatic rings. The Labute approximate surface area is 108 Å². The molecule has 1 amide bonds. The number of likely N-dealkylation sites (N-methyl/N-ethyl adjacent to an activating group) is 1. The number of methoxy groups -OCH3 is 1. The molecule has 1 atom stereocenters. The number of hydrogen-bond acceptors (Lipinski definition) is 4. The fourth-order valence-corrected chi connectivity index (χ4v) is 1.46. The van der Waals surface area contributed by atoms with Gasteiger partial charge in [0.15, 0.2) is 0 Å². The number of rotatable bonds is 6. The average Bonchev–Trinajstić information content (AvgIpc) is 2.37. The average molecular weight is 251 g/mol. The zero-order valence-corrected chi connectivity index (χ0v) is 11.1. The molecule has 1 aromatic carbocycles. The van der Waals surface area contributed by atoms with Gasteiger partial charge in [-0.2, -0.15) is 0 Å². The standard InChI is InChI=1S/C13H21N3O2/c1-10(8-14)16(2)9-13(17)15-11-5-4-6-12(7-11)18-3/h4-7,10H,8-9,14H2,1-3H3,(H,15,17). The van der Waals surface area contributed by atoms with Crippen LogP contribution in [0.4, 0.5) is 5.69 Å². The lowest BCUT2D eigenvalue weighted by Crippen LogP contribution is -2.40. The van der Waals surface area contributed by atoms with Crippen molar-refractivity contribution in [3.8, 4) is 5.75 Å². The molecular formula is C13H21N3O2. The van der Waals surface area contributed by atoms with E-state index < -0.39 is 0 Å². The predicted molar refractivity (Wildman–Crippen MR) is 72.8 cm³/mol. The van der Waals surface area contributed by atoms with Crippen molar-refractivity contribution in [3.63, 3.8) is 0 Å². The molecule has 18 heavy (non-hydrogen) atoms. The van der Waals surface area contributed by atoms with Crippen LogP contribution in [0.25, 0.3) is 0 Å². The van der Waals surface area contributed by atoms with Crippen molar-refractivity contribution in [2.75, 3.05) is 32.6 Å². The molecule has 0 spiro atoms. The summed E-state index contributed by atoms with van der Waals surface area (Å²) in [5.41, 5.74) is 6.28. The van der Waals surface area contributed by atoms with Gasteiger partial charge in [-0.1, -0.05) is 6.07 Å². The molecule has 0 saturated heterocycles. The number of carbonyl (C=O) groups excluding carboxylic acids is 1. The molecular weight excluding hydrogens is 230 g/mol. The summed E-state index contributed by atoms with van der Waals surface area (Å²) < 4.78 is 5.09. The Kier molecular flexibility index (Phi) is 5.61. The van der Waals surface area contributed by atoms with Gasteiger partial charge in [-0.05, 0) is 26.1 Å². The number of nitrogens with two attached hydrogens (primary N) is 1. The maximum absolute atomic E-state index is 11.8. The number of ether oxygens (including phenoxy) is 1. The van der Waals surface area contributed by atoms with Crippen LogP contribution < -0.4 is 15.8 Å². The molecule has 3 N–H and O–H groups in total. The molecule has 0 aromatic heterocycles. The van der Waals surface area contributed by atoms with Gasteiger partial charge in [0.1, 0.15) is 5.75 Å².